The van der Waals surface area contributed by atoms with E-state index in [1.165, 1.54) is 11.3 Å². The molecule has 0 bridgehead atoms. The Hall–Kier alpha value is -1.81. The highest BCUT2D eigenvalue weighted by molar-refractivity contribution is 5.76. The Morgan fingerprint density at radius 2 is 2.37 bits per heavy atom. The van der Waals surface area contributed by atoms with Crippen LogP contribution in [0.4, 0.5) is 0 Å². The lowest BCUT2D eigenvalue weighted by atomic mass is 9.90. The molecule has 0 saturated heterocycles. The van der Waals surface area contributed by atoms with Crippen LogP contribution in [0.1, 0.15) is 23.2 Å². The summed E-state index contributed by atoms with van der Waals surface area (Å²) in [6.45, 7) is 0. The number of hydrogen-bond acceptors (Lipinski definition) is 2. The smallest absolute Gasteiger partial charge is 0.307 e. The third-order valence-corrected chi connectivity index (χ3v) is 4.09. The predicted molar refractivity (Wildman–Crippen MR) is 73.6 cm³/mol. The number of carbonyl (C=O) groups is 1. The minimum Gasteiger partial charge on any atom is -0.481 e. The number of pyridine rings is 1. The van der Waals surface area contributed by atoms with E-state index in [0.717, 1.165) is 30.3 Å². The van der Waals surface area contributed by atoms with Crippen LogP contribution in [0.15, 0.2) is 24.4 Å². The summed E-state index contributed by atoms with van der Waals surface area (Å²) in [6, 6.07) is 6.48. The Kier molecular flexibility index (Phi) is 3.03. The molecule has 0 amide bonds. The number of likely N-dealkylation sites (N-methyl/N-ethyl adjacent to an activating group) is 1. The number of aliphatic carboxylic acids is 1. The molecule has 0 radical (unpaired) electrons. The normalized spacial score (nSPS) is 18.5. The fourth-order valence-electron chi connectivity index (χ4n) is 3.16. The maximum absolute atomic E-state index is 11.1. The number of carboxylic acid groups (broad SMARTS) is 1. The summed E-state index contributed by atoms with van der Waals surface area (Å²) in [7, 11) is 1.99. The quantitative estimate of drug-likeness (QED) is 0.880. The molecule has 2 heterocycles. The Labute approximate surface area is 112 Å². The highest BCUT2D eigenvalue weighted by Crippen LogP contribution is 2.30. The fourth-order valence-corrected chi connectivity index (χ4v) is 3.16. The molecule has 1 aliphatic carbocycles. The zero-order valence-corrected chi connectivity index (χ0v) is 11.0. The van der Waals surface area contributed by atoms with Gasteiger partial charge in [-0.3, -0.25) is 4.79 Å². The van der Waals surface area contributed by atoms with E-state index in [4.69, 9.17) is 5.11 Å². The minimum absolute atomic E-state index is 0.118. The van der Waals surface area contributed by atoms with Crippen molar-refractivity contribution in [3.05, 3.63) is 41.2 Å². The maximum Gasteiger partial charge on any atom is 0.307 e. The van der Waals surface area contributed by atoms with Gasteiger partial charge in [0.1, 0.15) is 0 Å². The van der Waals surface area contributed by atoms with Gasteiger partial charge in [-0.15, -0.1) is 0 Å². The van der Waals surface area contributed by atoms with Crippen LogP contribution < -0.4 is 5.32 Å². The molecule has 3 rings (SSSR count). The van der Waals surface area contributed by atoms with Crippen LogP contribution in [-0.4, -0.2) is 28.6 Å². The number of nitrogens with zero attached hydrogens (tertiary/aromatic N) is 1. The van der Waals surface area contributed by atoms with Crippen LogP contribution in [0.25, 0.3) is 5.52 Å². The van der Waals surface area contributed by atoms with E-state index in [1.807, 2.05) is 31.4 Å². The Bertz CT molecular complexity index is 630. The van der Waals surface area contributed by atoms with Gasteiger partial charge in [0, 0.05) is 29.9 Å². The van der Waals surface area contributed by atoms with E-state index in [9.17, 15) is 4.79 Å². The first-order valence-electron chi connectivity index (χ1n) is 6.69. The molecule has 0 aromatic carbocycles. The summed E-state index contributed by atoms with van der Waals surface area (Å²) < 4.78 is 2.16. The van der Waals surface area contributed by atoms with Gasteiger partial charge in [0.25, 0.3) is 0 Å². The van der Waals surface area contributed by atoms with Gasteiger partial charge in [0.2, 0.25) is 0 Å². The Morgan fingerprint density at radius 3 is 3.11 bits per heavy atom. The molecule has 2 aromatic rings. The Balaban J connectivity index is 2.18. The molecule has 0 fully saturated rings. The van der Waals surface area contributed by atoms with E-state index < -0.39 is 5.97 Å². The largest absolute Gasteiger partial charge is 0.481 e. The first kappa shape index (κ1) is 12.2. The standard InChI is InChI=1S/C15H18N2O2/c1-16-10-5-6-11-12(9-15(18)19)13-4-2-3-7-17(13)14(11)8-10/h2-4,7,10,16H,5-6,8-9H2,1H3,(H,18,19)/t10-/m0/s1. The first-order valence-corrected chi connectivity index (χ1v) is 6.69. The average molecular weight is 258 g/mol. The lowest BCUT2D eigenvalue weighted by Crippen LogP contribution is -2.32. The molecule has 2 aromatic heterocycles. The van der Waals surface area contributed by atoms with Gasteiger partial charge >= 0.3 is 5.97 Å². The minimum atomic E-state index is -0.755. The molecule has 100 valence electrons. The van der Waals surface area contributed by atoms with E-state index >= 15 is 0 Å². The summed E-state index contributed by atoms with van der Waals surface area (Å²) in [5.74, 6) is -0.755. The van der Waals surface area contributed by atoms with Gasteiger partial charge < -0.3 is 14.8 Å². The van der Waals surface area contributed by atoms with E-state index in [0.29, 0.717) is 6.04 Å². The maximum atomic E-state index is 11.1. The summed E-state index contributed by atoms with van der Waals surface area (Å²) in [6.07, 6.45) is 5.17. The summed E-state index contributed by atoms with van der Waals surface area (Å²) >= 11 is 0. The van der Waals surface area contributed by atoms with Crippen LogP contribution >= 0.6 is 0 Å². The fraction of sp³-hybridized carbons (Fsp3) is 0.400. The Morgan fingerprint density at radius 1 is 1.53 bits per heavy atom. The van der Waals surface area contributed by atoms with E-state index in [2.05, 4.69) is 9.72 Å². The monoisotopic (exact) mass is 258 g/mol. The SMILES string of the molecule is CN[C@H]1CCc2c(CC(=O)O)c3ccccn3c2C1. The molecule has 0 unspecified atom stereocenters. The highest BCUT2D eigenvalue weighted by atomic mass is 16.4. The van der Waals surface area contributed by atoms with Crippen molar-refractivity contribution in [1.29, 1.82) is 0 Å². The lowest BCUT2D eigenvalue weighted by Gasteiger charge is -2.22. The van der Waals surface area contributed by atoms with Crippen molar-refractivity contribution in [2.45, 2.75) is 31.7 Å². The van der Waals surface area contributed by atoms with Crippen molar-refractivity contribution in [3.63, 3.8) is 0 Å². The second-order valence-electron chi connectivity index (χ2n) is 5.16. The van der Waals surface area contributed by atoms with Crippen LogP contribution in [0.5, 0.6) is 0 Å². The molecular formula is C15H18N2O2. The van der Waals surface area contributed by atoms with Crippen molar-refractivity contribution in [1.82, 2.24) is 9.72 Å². The van der Waals surface area contributed by atoms with Gasteiger partial charge in [-0.2, -0.15) is 0 Å². The number of hydrogen-bond donors (Lipinski definition) is 2. The summed E-state index contributed by atoms with van der Waals surface area (Å²) in [4.78, 5) is 11.1. The van der Waals surface area contributed by atoms with Crippen molar-refractivity contribution in [3.8, 4) is 0 Å². The van der Waals surface area contributed by atoms with Gasteiger partial charge in [-0.05, 0) is 43.1 Å². The van der Waals surface area contributed by atoms with Crippen LogP contribution in [0.2, 0.25) is 0 Å². The average Bonchev–Trinajstić information content (AvgIpc) is 2.73. The van der Waals surface area contributed by atoms with Crippen molar-refractivity contribution in [2.75, 3.05) is 7.05 Å². The third-order valence-electron chi connectivity index (χ3n) is 4.09. The third kappa shape index (κ3) is 2.02. The van der Waals surface area contributed by atoms with Crippen LogP contribution in [0, 0.1) is 0 Å². The molecular weight excluding hydrogens is 240 g/mol. The predicted octanol–water partition coefficient (Wildman–Crippen LogP) is 1.64. The van der Waals surface area contributed by atoms with Crippen molar-refractivity contribution in [2.24, 2.45) is 0 Å². The van der Waals surface area contributed by atoms with Gasteiger partial charge in [0.05, 0.1) is 6.42 Å². The second-order valence-corrected chi connectivity index (χ2v) is 5.16. The molecule has 4 nitrogen and oxygen atoms in total. The van der Waals surface area contributed by atoms with Gasteiger partial charge in [-0.25, -0.2) is 0 Å². The van der Waals surface area contributed by atoms with Crippen molar-refractivity contribution < 1.29 is 9.90 Å². The first-order chi connectivity index (χ1) is 9.20. The molecule has 0 saturated carbocycles. The van der Waals surface area contributed by atoms with E-state index in [1.54, 1.807) is 0 Å². The summed E-state index contributed by atoms with van der Waals surface area (Å²) in [5.41, 5.74) is 4.57. The molecule has 2 N–H and O–H groups in total. The molecule has 1 atom stereocenters. The van der Waals surface area contributed by atoms with Crippen LogP contribution in [0.3, 0.4) is 0 Å². The topological polar surface area (TPSA) is 53.7 Å². The molecule has 4 heteroatoms. The van der Waals surface area contributed by atoms with E-state index in [-0.39, 0.29) is 6.42 Å². The van der Waals surface area contributed by atoms with Gasteiger partial charge in [0.15, 0.2) is 0 Å². The number of rotatable bonds is 3. The number of nitrogens with one attached hydrogen (secondary N) is 1. The van der Waals surface area contributed by atoms with Crippen molar-refractivity contribution >= 4 is 11.5 Å². The number of aromatic nitrogens is 1. The van der Waals surface area contributed by atoms with Crippen LogP contribution in [-0.2, 0) is 24.1 Å². The lowest BCUT2D eigenvalue weighted by molar-refractivity contribution is -0.136. The molecule has 19 heavy (non-hydrogen) atoms. The van der Waals surface area contributed by atoms with Gasteiger partial charge in [-0.1, -0.05) is 6.07 Å². The summed E-state index contributed by atoms with van der Waals surface area (Å²) in [5, 5.41) is 12.5. The zero-order valence-electron chi connectivity index (χ0n) is 11.0. The number of fused-ring (bicyclic) bond motifs is 3. The second kappa shape index (κ2) is 4.70. The molecule has 1 aliphatic rings. The number of carboxylic acids is 1. The molecule has 0 aliphatic heterocycles. The highest BCUT2D eigenvalue weighted by Gasteiger charge is 2.25. The zero-order chi connectivity index (χ0) is 13.4. The molecule has 0 spiro atoms.